The Kier molecular flexibility index (Phi) is 4.15. The number of aliphatic carboxylic acids is 1. The summed E-state index contributed by atoms with van der Waals surface area (Å²) in [5.74, 6) is -0.728. The summed E-state index contributed by atoms with van der Waals surface area (Å²) >= 11 is 0. The van der Waals surface area contributed by atoms with Crippen LogP contribution in [0.3, 0.4) is 0 Å². The van der Waals surface area contributed by atoms with Crippen LogP contribution in [0.15, 0.2) is 23.8 Å². The largest absolute Gasteiger partial charge is 0.481 e. The Morgan fingerprint density at radius 2 is 2.00 bits per heavy atom. The van der Waals surface area contributed by atoms with Gasteiger partial charge in [0.25, 0.3) is 0 Å². The number of carbonyl (C=O) groups excluding carboxylic acids is 1. The lowest BCUT2D eigenvalue weighted by molar-refractivity contribution is -0.147. The van der Waals surface area contributed by atoms with Gasteiger partial charge in [0.15, 0.2) is 5.78 Å². The van der Waals surface area contributed by atoms with Crippen LogP contribution in [-0.2, 0) is 9.59 Å². The summed E-state index contributed by atoms with van der Waals surface area (Å²) in [5, 5.41) is 9.02. The first-order valence-electron chi connectivity index (χ1n) is 6.33. The smallest absolute Gasteiger partial charge is 0.309 e. The molecule has 3 nitrogen and oxygen atoms in total. The Labute approximate surface area is 109 Å². The van der Waals surface area contributed by atoms with E-state index in [1.807, 2.05) is 12.2 Å². The van der Waals surface area contributed by atoms with Gasteiger partial charge in [0.05, 0.1) is 5.41 Å². The fraction of sp³-hybridized carbons (Fsp3) is 0.600. The number of hydrogen-bond donors (Lipinski definition) is 1. The summed E-state index contributed by atoms with van der Waals surface area (Å²) in [6.07, 6.45) is 7.47. The van der Waals surface area contributed by atoms with Crippen molar-refractivity contribution in [3.05, 3.63) is 23.8 Å². The van der Waals surface area contributed by atoms with Crippen molar-refractivity contribution in [2.45, 2.75) is 47.0 Å². The minimum absolute atomic E-state index is 0.0578. The minimum Gasteiger partial charge on any atom is -0.481 e. The fourth-order valence-corrected chi connectivity index (χ4v) is 1.99. The highest BCUT2D eigenvalue weighted by Gasteiger charge is 2.27. The van der Waals surface area contributed by atoms with Gasteiger partial charge >= 0.3 is 5.97 Å². The number of hydrogen-bond acceptors (Lipinski definition) is 2. The van der Waals surface area contributed by atoms with E-state index in [1.165, 1.54) is 0 Å². The summed E-state index contributed by atoms with van der Waals surface area (Å²) in [6, 6.07) is 0. The zero-order chi connectivity index (χ0) is 14.0. The van der Waals surface area contributed by atoms with E-state index in [0.29, 0.717) is 12.8 Å². The first-order chi connectivity index (χ1) is 8.14. The van der Waals surface area contributed by atoms with E-state index in [9.17, 15) is 9.59 Å². The van der Waals surface area contributed by atoms with E-state index in [1.54, 1.807) is 19.9 Å². The molecule has 0 aromatic rings. The molecule has 0 fully saturated rings. The molecule has 0 aromatic carbocycles. The van der Waals surface area contributed by atoms with Crippen LogP contribution in [0.25, 0.3) is 0 Å². The molecular formula is C15H22O3. The molecule has 100 valence electrons. The van der Waals surface area contributed by atoms with Gasteiger partial charge in [-0.05, 0) is 44.8 Å². The summed E-state index contributed by atoms with van der Waals surface area (Å²) in [6.45, 7) is 7.54. The van der Waals surface area contributed by atoms with Crippen LogP contribution in [0.4, 0.5) is 0 Å². The maximum absolute atomic E-state index is 11.7. The average Bonchev–Trinajstić information content (AvgIpc) is 2.22. The van der Waals surface area contributed by atoms with Crippen LogP contribution in [-0.4, -0.2) is 16.9 Å². The van der Waals surface area contributed by atoms with Crippen LogP contribution in [0.2, 0.25) is 0 Å². The van der Waals surface area contributed by atoms with E-state index in [0.717, 1.165) is 12.0 Å². The summed E-state index contributed by atoms with van der Waals surface area (Å²) in [4.78, 5) is 22.7. The molecular weight excluding hydrogens is 228 g/mol. The Hall–Kier alpha value is -1.38. The maximum atomic E-state index is 11.7. The van der Waals surface area contributed by atoms with Gasteiger partial charge < -0.3 is 5.11 Å². The molecule has 0 amide bonds. The molecule has 0 aromatic heterocycles. The van der Waals surface area contributed by atoms with Gasteiger partial charge in [-0.1, -0.05) is 26.0 Å². The van der Waals surface area contributed by atoms with Crippen molar-refractivity contribution in [1.82, 2.24) is 0 Å². The first kappa shape index (κ1) is 14.7. The lowest BCUT2D eigenvalue weighted by Crippen LogP contribution is -2.23. The third-order valence-corrected chi connectivity index (χ3v) is 3.35. The molecule has 0 heterocycles. The third kappa shape index (κ3) is 3.83. The molecule has 0 atom stereocenters. The van der Waals surface area contributed by atoms with Gasteiger partial charge in [0.2, 0.25) is 0 Å². The molecule has 1 aliphatic rings. The van der Waals surface area contributed by atoms with Gasteiger partial charge in [0, 0.05) is 5.41 Å². The van der Waals surface area contributed by atoms with Gasteiger partial charge in [-0.25, -0.2) is 0 Å². The number of carboxylic acids is 1. The zero-order valence-electron chi connectivity index (χ0n) is 11.6. The SMILES string of the molecule is CC1(C)C=CC(=O)C(CCCC(C)(C)C(=O)O)=C1. The second-order valence-electron chi connectivity index (χ2n) is 6.23. The Morgan fingerprint density at radius 3 is 2.56 bits per heavy atom. The van der Waals surface area contributed by atoms with Gasteiger partial charge in [-0.15, -0.1) is 0 Å². The molecule has 0 saturated heterocycles. The molecule has 3 heteroatoms. The number of carbonyl (C=O) groups is 2. The Bertz CT molecular complexity index is 411. The Morgan fingerprint density at radius 1 is 1.39 bits per heavy atom. The number of allylic oxidation sites excluding steroid dienone is 4. The van der Waals surface area contributed by atoms with Crippen LogP contribution in [0.5, 0.6) is 0 Å². The molecule has 1 aliphatic carbocycles. The number of ketones is 1. The molecule has 0 unspecified atom stereocenters. The monoisotopic (exact) mass is 250 g/mol. The van der Waals surface area contributed by atoms with E-state index >= 15 is 0 Å². The van der Waals surface area contributed by atoms with E-state index in [2.05, 4.69) is 13.8 Å². The Balaban J connectivity index is 2.57. The zero-order valence-corrected chi connectivity index (χ0v) is 11.6. The lowest BCUT2D eigenvalue weighted by Gasteiger charge is -2.22. The van der Waals surface area contributed by atoms with Gasteiger partial charge in [-0.2, -0.15) is 0 Å². The predicted octanol–water partition coefficient (Wildman–Crippen LogP) is 3.36. The van der Waals surface area contributed by atoms with Crippen molar-refractivity contribution in [2.75, 3.05) is 0 Å². The highest BCUT2D eigenvalue weighted by molar-refractivity contribution is 6.05. The molecule has 0 aliphatic heterocycles. The van der Waals surface area contributed by atoms with E-state index in [4.69, 9.17) is 5.11 Å². The van der Waals surface area contributed by atoms with Crippen LogP contribution in [0, 0.1) is 10.8 Å². The van der Waals surface area contributed by atoms with E-state index < -0.39 is 11.4 Å². The highest BCUT2D eigenvalue weighted by atomic mass is 16.4. The molecule has 18 heavy (non-hydrogen) atoms. The average molecular weight is 250 g/mol. The van der Waals surface area contributed by atoms with Crippen molar-refractivity contribution in [3.63, 3.8) is 0 Å². The summed E-state index contributed by atoms with van der Waals surface area (Å²) in [5.41, 5.74) is 0.0125. The molecule has 0 saturated carbocycles. The minimum atomic E-state index is -0.785. The standard InChI is InChI=1S/C15H22O3/c1-14(2)9-7-12(16)11(10-14)6-5-8-15(3,4)13(17)18/h7,9-10H,5-6,8H2,1-4H3,(H,17,18). The van der Waals surface area contributed by atoms with Gasteiger partial charge in [-0.3, -0.25) is 9.59 Å². The quantitative estimate of drug-likeness (QED) is 0.814. The van der Waals surface area contributed by atoms with Crippen molar-refractivity contribution >= 4 is 11.8 Å². The molecule has 0 bridgehead atoms. The van der Waals surface area contributed by atoms with Crippen LogP contribution < -0.4 is 0 Å². The van der Waals surface area contributed by atoms with E-state index in [-0.39, 0.29) is 11.2 Å². The predicted molar refractivity (Wildman–Crippen MR) is 71.3 cm³/mol. The van der Waals surface area contributed by atoms with Crippen molar-refractivity contribution in [1.29, 1.82) is 0 Å². The summed E-state index contributed by atoms with van der Waals surface area (Å²) in [7, 11) is 0. The first-order valence-corrected chi connectivity index (χ1v) is 6.33. The van der Waals surface area contributed by atoms with Crippen LogP contribution in [0.1, 0.15) is 47.0 Å². The van der Waals surface area contributed by atoms with Crippen molar-refractivity contribution in [2.24, 2.45) is 10.8 Å². The molecule has 0 radical (unpaired) electrons. The topological polar surface area (TPSA) is 54.4 Å². The third-order valence-electron chi connectivity index (χ3n) is 3.35. The molecule has 1 N–H and O–H groups in total. The van der Waals surface area contributed by atoms with Crippen molar-refractivity contribution in [3.8, 4) is 0 Å². The van der Waals surface area contributed by atoms with Gasteiger partial charge in [0.1, 0.15) is 0 Å². The highest BCUT2D eigenvalue weighted by Crippen LogP contribution is 2.30. The number of rotatable bonds is 5. The second-order valence-corrected chi connectivity index (χ2v) is 6.23. The maximum Gasteiger partial charge on any atom is 0.309 e. The summed E-state index contributed by atoms with van der Waals surface area (Å²) < 4.78 is 0. The second kappa shape index (κ2) is 5.09. The molecule has 1 rings (SSSR count). The normalized spacial score (nSPS) is 18.7. The lowest BCUT2D eigenvalue weighted by atomic mass is 9.81. The molecule has 0 spiro atoms. The van der Waals surface area contributed by atoms with Crippen molar-refractivity contribution < 1.29 is 14.7 Å². The fourth-order valence-electron chi connectivity index (χ4n) is 1.99. The van der Waals surface area contributed by atoms with Crippen LogP contribution >= 0.6 is 0 Å². The number of carboxylic acid groups (broad SMARTS) is 1.